The largest absolute Gasteiger partial charge is 0.495 e. The Kier molecular flexibility index (Phi) is 10.0. The number of carbonyl (C=O) groups excluding carboxylic acids is 4. The second-order valence-corrected chi connectivity index (χ2v) is 11.3. The molecular formula is C24H29N3O10S2. The predicted molar refractivity (Wildman–Crippen MR) is 140 cm³/mol. The lowest BCUT2D eigenvalue weighted by Crippen LogP contribution is -2.28. The third kappa shape index (κ3) is 6.92. The van der Waals surface area contributed by atoms with Gasteiger partial charge < -0.3 is 30.0 Å². The average molecular weight is 584 g/mol. The maximum absolute atomic E-state index is 13.1. The number of hydrogen-bond donors (Lipinski definition) is 2. The molecule has 1 aromatic carbocycles. The molecule has 2 aromatic rings. The van der Waals surface area contributed by atoms with E-state index in [2.05, 4.69) is 5.32 Å². The van der Waals surface area contributed by atoms with Crippen LogP contribution in [0.15, 0.2) is 23.1 Å². The SMILES string of the molecule is COCCOC(=O)c1c(NC(=O)COC(=O)c2ccc(OC)c(S(=O)(=O)N3CCCC3)c2)sc(C(N)=O)c1C. The number of amides is 2. The predicted octanol–water partition coefficient (Wildman–Crippen LogP) is 1.55. The highest BCUT2D eigenvalue weighted by Crippen LogP contribution is 2.34. The quantitative estimate of drug-likeness (QED) is 0.275. The fourth-order valence-electron chi connectivity index (χ4n) is 3.82. The highest BCUT2D eigenvalue weighted by Gasteiger charge is 2.31. The number of esters is 2. The molecule has 0 radical (unpaired) electrons. The van der Waals surface area contributed by atoms with Gasteiger partial charge in [-0.05, 0) is 43.5 Å². The van der Waals surface area contributed by atoms with Crippen LogP contribution in [0.4, 0.5) is 5.00 Å². The molecule has 1 saturated heterocycles. The maximum atomic E-state index is 13.1. The van der Waals surface area contributed by atoms with Gasteiger partial charge in [-0.25, -0.2) is 18.0 Å². The number of ether oxygens (including phenoxy) is 4. The van der Waals surface area contributed by atoms with E-state index in [0.29, 0.717) is 13.1 Å². The molecule has 13 nitrogen and oxygen atoms in total. The maximum Gasteiger partial charge on any atom is 0.341 e. The summed E-state index contributed by atoms with van der Waals surface area (Å²) in [4.78, 5) is 49.5. The van der Waals surface area contributed by atoms with E-state index in [0.717, 1.165) is 30.2 Å². The third-order valence-electron chi connectivity index (χ3n) is 5.76. The summed E-state index contributed by atoms with van der Waals surface area (Å²) in [6.07, 6.45) is 1.46. The minimum Gasteiger partial charge on any atom is -0.495 e. The molecule has 0 unspecified atom stereocenters. The molecular weight excluding hydrogens is 554 g/mol. The van der Waals surface area contributed by atoms with Crippen LogP contribution in [0.5, 0.6) is 5.75 Å². The number of benzene rings is 1. The van der Waals surface area contributed by atoms with Crippen molar-refractivity contribution in [1.29, 1.82) is 0 Å². The van der Waals surface area contributed by atoms with Crippen molar-refractivity contribution in [3.8, 4) is 5.75 Å². The van der Waals surface area contributed by atoms with Gasteiger partial charge in [0.2, 0.25) is 10.0 Å². The monoisotopic (exact) mass is 583 g/mol. The van der Waals surface area contributed by atoms with E-state index < -0.39 is 40.4 Å². The number of nitrogens with zero attached hydrogens (tertiary/aromatic N) is 1. The van der Waals surface area contributed by atoms with Crippen LogP contribution in [0.1, 0.15) is 48.8 Å². The molecule has 39 heavy (non-hydrogen) atoms. The van der Waals surface area contributed by atoms with Crippen molar-refractivity contribution in [3.63, 3.8) is 0 Å². The molecule has 3 rings (SSSR count). The Balaban J connectivity index is 1.74. The number of hydrogen-bond acceptors (Lipinski definition) is 11. The number of primary amides is 1. The van der Waals surface area contributed by atoms with Crippen LogP contribution in [-0.2, 0) is 29.0 Å². The summed E-state index contributed by atoms with van der Waals surface area (Å²) >= 11 is 0.777. The Morgan fingerprint density at radius 2 is 1.74 bits per heavy atom. The lowest BCUT2D eigenvalue weighted by Gasteiger charge is -2.18. The second-order valence-electron chi connectivity index (χ2n) is 8.35. The Morgan fingerprint density at radius 3 is 2.36 bits per heavy atom. The Bertz CT molecular complexity index is 1360. The molecule has 0 aliphatic carbocycles. The lowest BCUT2D eigenvalue weighted by molar-refractivity contribution is -0.119. The standard InChI is InChI=1S/C24H29N3O10S2/c1-14-19(24(31)36-11-10-34-2)22(38-20(14)21(25)29)26-18(28)13-37-23(30)15-6-7-16(35-3)17(12-15)39(32,33)27-8-4-5-9-27/h6-7,12H,4-5,8-11,13H2,1-3H3,(H2,25,29)(H,26,28). The molecule has 1 aromatic heterocycles. The van der Waals surface area contributed by atoms with Gasteiger partial charge in [0.05, 0.1) is 29.7 Å². The third-order valence-corrected chi connectivity index (χ3v) is 8.91. The highest BCUT2D eigenvalue weighted by atomic mass is 32.2. The Labute approximate surface area is 229 Å². The first-order valence-corrected chi connectivity index (χ1v) is 14.0. The molecule has 1 aliphatic heterocycles. The van der Waals surface area contributed by atoms with Gasteiger partial charge in [-0.15, -0.1) is 11.3 Å². The molecule has 0 spiro atoms. The average Bonchev–Trinajstić information content (AvgIpc) is 3.56. The minimum absolute atomic E-state index is 0.00629. The smallest absolute Gasteiger partial charge is 0.341 e. The molecule has 15 heteroatoms. The first kappa shape index (κ1) is 30.0. The Morgan fingerprint density at radius 1 is 1.05 bits per heavy atom. The van der Waals surface area contributed by atoms with Crippen molar-refractivity contribution in [3.05, 3.63) is 39.8 Å². The van der Waals surface area contributed by atoms with Gasteiger partial charge in [-0.1, -0.05) is 0 Å². The second kappa shape index (κ2) is 13.0. The van der Waals surface area contributed by atoms with E-state index in [9.17, 15) is 27.6 Å². The molecule has 1 aliphatic rings. The minimum atomic E-state index is -3.91. The Hall–Kier alpha value is -3.53. The topological polar surface area (TPSA) is 181 Å². The van der Waals surface area contributed by atoms with E-state index in [1.54, 1.807) is 0 Å². The van der Waals surface area contributed by atoms with Crippen molar-refractivity contribution in [2.24, 2.45) is 5.73 Å². The number of nitrogens with one attached hydrogen (secondary N) is 1. The van der Waals surface area contributed by atoms with Crippen LogP contribution in [0, 0.1) is 6.92 Å². The summed E-state index contributed by atoms with van der Waals surface area (Å²) in [5, 5.41) is 2.43. The molecule has 0 atom stereocenters. The van der Waals surface area contributed by atoms with E-state index >= 15 is 0 Å². The number of methoxy groups -OCH3 is 2. The normalized spacial score (nSPS) is 13.6. The molecule has 2 heterocycles. The number of nitrogens with two attached hydrogens (primary N) is 1. The van der Waals surface area contributed by atoms with Crippen molar-refractivity contribution >= 4 is 50.1 Å². The van der Waals surface area contributed by atoms with Crippen molar-refractivity contribution < 1.29 is 46.5 Å². The van der Waals surface area contributed by atoms with E-state index in [1.807, 2.05) is 0 Å². The van der Waals surface area contributed by atoms with Gasteiger partial charge in [0.25, 0.3) is 11.8 Å². The van der Waals surface area contributed by atoms with E-state index in [1.165, 1.54) is 37.6 Å². The zero-order valence-corrected chi connectivity index (χ0v) is 23.2. The molecule has 3 N–H and O–H groups in total. The molecule has 212 valence electrons. The van der Waals surface area contributed by atoms with Gasteiger partial charge in [0.1, 0.15) is 22.3 Å². The molecule has 2 amide bonds. The highest BCUT2D eigenvalue weighted by molar-refractivity contribution is 7.89. The van der Waals surface area contributed by atoms with Gasteiger partial charge in [0.15, 0.2) is 6.61 Å². The summed E-state index contributed by atoms with van der Waals surface area (Å²) in [7, 11) is -1.16. The van der Waals surface area contributed by atoms with Gasteiger partial charge in [-0.2, -0.15) is 4.31 Å². The number of carbonyl (C=O) groups is 4. The van der Waals surface area contributed by atoms with Crippen LogP contribution in [0.25, 0.3) is 0 Å². The van der Waals surface area contributed by atoms with Crippen LogP contribution in [0.2, 0.25) is 0 Å². The van der Waals surface area contributed by atoms with Gasteiger partial charge >= 0.3 is 11.9 Å². The van der Waals surface area contributed by atoms with Crippen LogP contribution >= 0.6 is 11.3 Å². The summed E-state index contributed by atoms with van der Waals surface area (Å²) in [6, 6.07) is 3.79. The van der Waals surface area contributed by atoms with Crippen molar-refractivity contribution in [1.82, 2.24) is 4.31 Å². The van der Waals surface area contributed by atoms with Crippen LogP contribution < -0.4 is 15.8 Å². The summed E-state index contributed by atoms with van der Waals surface area (Å²) < 4.78 is 47.6. The molecule has 0 saturated carbocycles. The van der Waals surface area contributed by atoms with Crippen molar-refractivity contribution in [2.45, 2.75) is 24.7 Å². The zero-order valence-electron chi connectivity index (χ0n) is 21.6. The van der Waals surface area contributed by atoms with Crippen molar-refractivity contribution in [2.75, 3.05) is 52.4 Å². The number of anilines is 1. The summed E-state index contributed by atoms with van der Waals surface area (Å²) in [6.45, 7) is 1.53. The first-order chi connectivity index (χ1) is 18.5. The number of thiophene rings is 1. The fraction of sp³-hybridized carbons (Fsp3) is 0.417. The van der Waals surface area contributed by atoms with E-state index in [4.69, 9.17) is 24.7 Å². The van der Waals surface area contributed by atoms with Crippen LogP contribution in [-0.4, -0.2) is 83.6 Å². The number of sulfonamides is 1. The summed E-state index contributed by atoms with van der Waals surface area (Å²) in [5.74, 6) is -3.30. The molecule has 0 bridgehead atoms. The number of rotatable bonds is 12. The fourth-order valence-corrected chi connectivity index (χ4v) is 6.58. The summed E-state index contributed by atoms with van der Waals surface area (Å²) in [5.41, 5.74) is 5.44. The first-order valence-electron chi connectivity index (χ1n) is 11.8. The van der Waals surface area contributed by atoms with Crippen LogP contribution in [0.3, 0.4) is 0 Å². The zero-order chi connectivity index (χ0) is 28.7. The van der Waals surface area contributed by atoms with Gasteiger partial charge in [0, 0.05) is 20.2 Å². The lowest BCUT2D eigenvalue weighted by atomic mass is 10.1. The van der Waals surface area contributed by atoms with Gasteiger partial charge in [-0.3, -0.25) is 9.59 Å². The molecule has 1 fully saturated rings. The van der Waals surface area contributed by atoms with E-state index in [-0.39, 0.29) is 50.4 Å².